The Morgan fingerprint density at radius 3 is 2.02 bits per heavy atom. The van der Waals surface area contributed by atoms with Crippen molar-refractivity contribution in [3.8, 4) is 23.0 Å². The number of phenols is 1. The number of aliphatic hydroxyl groups is 2. The molecule has 6 rings (SSSR count). The van der Waals surface area contributed by atoms with Crippen LogP contribution in [0.25, 0.3) is 10.8 Å². The summed E-state index contributed by atoms with van der Waals surface area (Å²) in [5.41, 5.74) is -0.118. The number of phenolic OH excluding ortho intramolecular Hbond substituents is 1. The van der Waals surface area contributed by atoms with Crippen molar-refractivity contribution in [2.24, 2.45) is 35.8 Å². The first kappa shape index (κ1) is 47.1. The van der Waals surface area contributed by atoms with Crippen LogP contribution < -0.4 is 19.2 Å². The maximum atomic E-state index is 13.4. The number of amides is 1. The van der Waals surface area contributed by atoms with Crippen LogP contribution in [0.2, 0.25) is 0 Å². The van der Waals surface area contributed by atoms with E-state index in [-0.39, 0.29) is 76.6 Å². The molecular weight excluding hydrogens is 909 g/mol. The summed E-state index contributed by atoms with van der Waals surface area (Å²) in [6, 6.07) is 17.6. The molecule has 1 atom stereocenters. The Balaban J connectivity index is 1.33. The summed E-state index contributed by atoms with van der Waals surface area (Å²) in [5.74, 6) is -2.33. The Labute approximate surface area is 372 Å². The van der Waals surface area contributed by atoms with Crippen molar-refractivity contribution in [1.29, 1.82) is 0 Å². The predicted octanol–water partition coefficient (Wildman–Crippen LogP) is 8.49. The van der Waals surface area contributed by atoms with Crippen LogP contribution in [0.5, 0.6) is 23.0 Å². The second-order valence-corrected chi connectivity index (χ2v) is 14.5. The molecular formula is C37H32N8O16S3. The number of ether oxygens (including phenoxy) is 3. The Morgan fingerprint density at radius 2 is 1.39 bits per heavy atom. The lowest BCUT2D eigenvalue weighted by atomic mass is 10.1. The van der Waals surface area contributed by atoms with Gasteiger partial charge in [0.05, 0.1) is 83.3 Å². The average Bonchev–Trinajstić information content (AvgIpc) is 3.64. The molecule has 24 nitrogen and oxygen atoms in total. The highest BCUT2D eigenvalue weighted by Crippen LogP contribution is 2.47. The van der Waals surface area contributed by atoms with Crippen molar-refractivity contribution in [2.45, 2.75) is 20.7 Å². The number of anilines is 1. The maximum Gasteiger partial charge on any atom is 0.355 e. The Hall–Kier alpha value is -6.34. The first-order valence-corrected chi connectivity index (χ1v) is 20.1. The van der Waals surface area contributed by atoms with Gasteiger partial charge in [0, 0.05) is 22.4 Å². The van der Waals surface area contributed by atoms with Gasteiger partial charge in [-0.1, -0.05) is 11.1 Å². The fourth-order valence-electron chi connectivity index (χ4n) is 5.59. The van der Waals surface area contributed by atoms with Gasteiger partial charge in [0.25, 0.3) is 5.91 Å². The number of benzene rings is 5. The van der Waals surface area contributed by atoms with E-state index in [2.05, 4.69) is 53.8 Å². The lowest BCUT2D eigenvalue weighted by Crippen LogP contribution is -2.32. The first-order valence-electron chi connectivity index (χ1n) is 17.9. The number of aliphatic carboxylic acids is 1. The lowest BCUT2D eigenvalue weighted by molar-refractivity contribution is -0.432. The highest BCUT2D eigenvalue weighted by molar-refractivity contribution is 7.95. The molecule has 1 amide bonds. The number of aromatic hydroxyl groups is 1. The Kier molecular flexibility index (Phi) is 16.8. The number of hydrogen-bond donors (Lipinski definition) is 7. The topological polar surface area (TPSA) is 330 Å². The molecule has 0 aromatic heterocycles. The predicted molar refractivity (Wildman–Crippen MR) is 226 cm³/mol. The number of methoxy groups -OCH3 is 1. The molecule has 0 fully saturated rings. The van der Waals surface area contributed by atoms with Crippen molar-refractivity contribution in [3.05, 3.63) is 78.9 Å². The summed E-state index contributed by atoms with van der Waals surface area (Å²) in [5, 5.41) is 101. The molecule has 7 N–H and O–H groups in total. The number of hydrazone groups is 1. The van der Waals surface area contributed by atoms with E-state index in [0.29, 0.717) is 62.7 Å². The molecule has 0 spiro atoms. The maximum absolute atomic E-state index is 13.4. The largest absolute Gasteiger partial charge is 0.505 e. The molecule has 0 bridgehead atoms. The zero-order valence-corrected chi connectivity index (χ0v) is 35.0. The van der Waals surface area contributed by atoms with Crippen LogP contribution in [0.1, 0.15) is 0 Å². The number of carbonyl (C=O) groups excluding carboxylic acids is 1. The van der Waals surface area contributed by atoms with E-state index in [9.17, 15) is 35.3 Å². The third kappa shape index (κ3) is 11.4. The quantitative estimate of drug-likeness (QED) is 0.0148. The van der Waals surface area contributed by atoms with Crippen LogP contribution in [0.3, 0.4) is 0 Å². The molecule has 27 heteroatoms. The van der Waals surface area contributed by atoms with Gasteiger partial charge in [0.15, 0.2) is 11.5 Å². The van der Waals surface area contributed by atoms with Crippen LogP contribution in [-0.2, 0) is 27.6 Å². The van der Waals surface area contributed by atoms with E-state index >= 15 is 0 Å². The van der Waals surface area contributed by atoms with Crippen LogP contribution in [-0.4, -0.2) is 93.4 Å². The molecule has 0 saturated heterocycles. The number of fused-ring (bicyclic) bond motifs is 1. The molecule has 1 heterocycles. The second-order valence-electron chi connectivity index (χ2n) is 12.2. The van der Waals surface area contributed by atoms with Crippen LogP contribution in [0.15, 0.2) is 129 Å². The number of carboxylic acids is 1. The average molecular weight is 941 g/mol. The summed E-state index contributed by atoms with van der Waals surface area (Å²) in [6.45, 7) is -1.12. The van der Waals surface area contributed by atoms with Crippen molar-refractivity contribution in [1.82, 2.24) is 0 Å². The molecule has 0 radical (unpaired) electrons. The molecule has 0 aliphatic carbocycles. The fraction of sp³-hybridized carbons (Fsp3) is 0.162. The summed E-state index contributed by atoms with van der Waals surface area (Å²) in [4.78, 5) is 26.4. The standard InChI is InChI=1S/C37H32N8O16S3/c1-55-27-9-4-21(16-30(27)63-59-53)38-40-25-17-29(57-13-11-47)26(18-28(25)56-12-10-46)41-42-32-31(64-60-54)14-19-2-3-20(15-24(19)35(32)48)39-43-33-34(37(50)51)44-45(36(33)49)22-5-7-23(8-6-22)62-61-58-52/h2-9,14-18,33,46-48,52-54H,10-13H2,1H3,(H,50,51). The third-order valence-electron chi connectivity index (χ3n) is 8.37. The number of nitrogens with zero attached hydrogens (tertiary/aromatic N) is 8. The van der Waals surface area contributed by atoms with E-state index in [0.717, 1.165) is 5.01 Å². The van der Waals surface area contributed by atoms with Crippen LogP contribution in [0.4, 0.5) is 34.1 Å². The van der Waals surface area contributed by atoms with Crippen molar-refractivity contribution >= 4 is 98.6 Å². The number of carboxylic acid groups (broad SMARTS) is 1. The minimum atomic E-state index is -1.64. The molecule has 0 saturated carbocycles. The fourth-order valence-corrected chi connectivity index (χ4v) is 6.90. The molecule has 1 aliphatic heterocycles. The smallest absolute Gasteiger partial charge is 0.355 e. The van der Waals surface area contributed by atoms with Crippen LogP contribution in [0, 0.1) is 0 Å². The van der Waals surface area contributed by atoms with E-state index in [4.69, 9.17) is 24.7 Å². The normalized spacial score (nSPS) is 14.1. The molecule has 1 aliphatic rings. The number of azo groups is 3. The van der Waals surface area contributed by atoms with Crippen molar-refractivity contribution in [2.75, 3.05) is 38.5 Å². The zero-order chi connectivity index (χ0) is 45.6. The second kappa shape index (κ2) is 22.8. The van der Waals surface area contributed by atoms with Crippen molar-refractivity contribution in [3.63, 3.8) is 0 Å². The van der Waals surface area contributed by atoms with Gasteiger partial charge >= 0.3 is 5.97 Å². The molecule has 5 aromatic rings. The van der Waals surface area contributed by atoms with E-state index < -0.39 is 29.4 Å². The number of carbonyl (C=O) groups is 2. The van der Waals surface area contributed by atoms with E-state index in [1.54, 1.807) is 12.1 Å². The Bertz CT molecular complexity index is 2600. The number of hydrogen-bond acceptors (Lipinski definition) is 25. The van der Waals surface area contributed by atoms with Crippen molar-refractivity contribution < 1.29 is 78.0 Å². The number of rotatable bonds is 22. The van der Waals surface area contributed by atoms with Gasteiger partial charge in [-0.3, -0.25) is 4.79 Å². The van der Waals surface area contributed by atoms with Gasteiger partial charge < -0.3 is 34.6 Å². The van der Waals surface area contributed by atoms with Gasteiger partial charge in [-0.25, -0.2) is 20.6 Å². The van der Waals surface area contributed by atoms with E-state index in [1.807, 2.05) is 0 Å². The van der Waals surface area contributed by atoms with Gasteiger partial charge in [-0.05, 0) is 66.0 Å². The first-order chi connectivity index (χ1) is 31.1. The third-order valence-corrected chi connectivity index (χ3v) is 10.1. The van der Waals surface area contributed by atoms with Gasteiger partial charge in [0.1, 0.15) is 47.5 Å². The van der Waals surface area contributed by atoms with Crippen LogP contribution >= 0.6 is 36.1 Å². The minimum Gasteiger partial charge on any atom is -0.505 e. The Morgan fingerprint density at radius 1 is 0.750 bits per heavy atom. The molecule has 5 aromatic carbocycles. The minimum absolute atomic E-state index is 0.00204. The molecule has 334 valence electrons. The van der Waals surface area contributed by atoms with E-state index in [1.165, 1.54) is 73.8 Å². The van der Waals surface area contributed by atoms with Gasteiger partial charge in [-0.15, -0.1) is 19.7 Å². The summed E-state index contributed by atoms with van der Waals surface area (Å²) in [6.07, 6.45) is 0. The number of aliphatic hydroxyl groups excluding tert-OH is 2. The zero-order valence-electron chi connectivity index (χ0n) is 32.5. The highest BCUT2D eigenvalue weighted by atomic mass is 32.2. The summed E-state index contributed by atoms with van der Waals surface area (Å²) in [7, 11) is 1.44. The monoisotopic (exact) mass is 940 g/mol. The SMILES string of the molecule is COc1ccc(N=Nc2cc(OCCO)c(N=Nc3c(SOO)cc4ccc(N=NC5C(=O)N(c6ccc(SOOO)cc6)N=C5C(=O)O)cc4c3O)cc2OCCO)cc1SOO. The van der Waals surface area contributed by atoms with Gasteiger partial charge in [-0.2, -0.15) is 34.1 Å². The van der Waals surface area contributed by atoms with Gasteiger partial charge in [0.2, 0.25) is 6.04 Å². The highest BCUT2D eigenvalue weighted by Gasteiger charge is 2.41. The molecule has 1 unspecified atom stereocenters. The lowest BCUT2D eigenvalue weighted by Gasteiger charge is -2.13. The molecule has 64 heavy (non-hydrogen) atoms. The summed E-state index contributed by atoms with van der Waals surface area (Å²) < 4.78 is 29.6. The summed E-state index contributed by atoms with van der Waals surface area (Å²) >= 11 is 1.74.